The van der Waals surface area contributed by atoms with Gasteiger partial charge in [-0.1, -0.05) is 12.1 Å². The highest BCUT2D eigenvalue weighted by molar-refractivity contribution is 5.27. The molecule has 0 saturated heterocycles. The van der Waals surface area contributed by atoms with Crippen molar-refractivity contribution in [3.05, 3.63) is 29.8 Å². The van der Waals surface area contributed by atoms with Gasteiger partial charge in [0.25, 0.3) is 0 Å². The summed E-state index contributed by atoms with van der Waals surface area (Å²) in [6.45, 7) is 2.24. The molecule has 0 aliphatic heterocycles. The molecule has 0 radical (unpaired) electrons. The SMILES string of the molecule is COCCCOCC(O)COc1ccc(CN)cc1. The van der Waals surface area contributed by atoms with Gasteiger partial charge in [0.15, 0.2) is 0 Å². The number of hydrogen-bond donors (Lipinski definition) is 2. The lowest BCUT2D eigenvalue weighted by atomic mass is 10.2. The van der Waals surface area contributed by atoms with E-state index in [0.717, 1.165) is 17.7 Å². The molecule has 1 unspecified atom stereocenters. The van der Waals surface area contributed by atoms with Crippen molar-refractivity contribution in [3.63, 3.8) is 0 Å². The first-order valence-corrected chi connectivity index (χ1v) is 6.42. The predicted molar refractivity (Wildman–Crippen MR) is 73.1 cm³/mol. The van der Waals surface area contributed by atoms with Gasteiger partial charge < -0.3 is 25.1 Å². The molecular formula is C14H23NO4. The van der Waals surface area contributed by atoms with Crippen molar-refractivity contribution < 1.29 is 19.3 Å². The molecule has 3 N–H and O–H groups in total. The van der Waals surface area contributed by atoms with E-state index in [2.05, 4.69) is 0 Å². The van der Waals surface area contributed by atoms with Crippen molar-refractivity contribution in [2.24, 2.45) is 5.73 Å². The molecule has 1 aromatic carbocycles. The van der Waals surface area contributed by atoms with Crippen LogP contribution >= 0.6 is 0 Å². The van der Waals surface area contributed by atoms with Crippen molar-refractivity contribution in [2.75, 3.05) is 33.5 Å². The fourth-order valence-corrected chi connectivity index (χ4v) is 1.49. The van der Waals surface area contributed by atoms with E-state index >= 15 is 0 Å². The summed E-state index contributed by atoms with van der Waals surface area (Å²) in [5.41, 5.74) is 6.56. The number of ether oxygens (including phenoxy) is 3. The van der Waals surface area contributed by atoms with E-state index in [1.165, 1.54) is 0 Å². The van der Waals surface area contributed by atoms with Gasteiger partial charge >= 0.3 is 0 Å². The maximum Gasteiger partial charge on any atom is 0.119 e. The highest BCUT2D eigenvalue weighted by Crippen LogP contribution is 2.12. The minimum Gasteiger partial charge on any atom is -0.491 e. The Morgan fingerprint density at radius 1 is 1.16 bits per heavy atom. The minimum absolute atomic E-state index is 0.215. The van der Waals surface area contributed by atoms with Crippen molar-refractivity contribution in [1.82, 2.24) is 0 Å². The van der Waals surface area contributed by atoms with Crippen molar-refractivity contribution in [3.8, 4) is 5.75 Å². The van der Waals surface area contributed by atoms with Crippen molar-refractivity contribution in [2.45, 2.75) is 19.1 Å². The Labute approximate surface area is 114 Å². The standard InChI is InChI=1S/C14H23NO4/c1-17-7-2-8-18-10-13(16)11-19-14-5-3-12(9-15)4-6-14/h3-6,13,16H,2,7-11,15H2,1H3. The summed E-state index contributed by atoms with van der Waals surface area (Å²) < 4.78 is 15.6. The summed E-state index contributed by atoms with van der Waals surface area (Å²) in [6.07, 6.45) is 0.196. The Balaban J connectivity index is 2.13. The molecule has 5 heteroatoms. The maximum atomic E-state index is 9.67. The van der Waals surface area contributed by atoms with E-state index < -0.39 is 6.10 Å². The summed E-state index contributed by atoms with van der Waals surface area (Å²) in [7, 11) is 1.65. The molecule has 0 heterocycles. The van der Waals surface area contributed by atoms with Gasteiger partial charge in [-0.2, -0.15) is 0 Å². The second-order valence-electron chi connectivity index (χ2n) is 4.23. The fourth-order valence-electron chi connectivity index (χ4n) is 1.49. The van der Waals surface area contributed by atoms with Crippen LogP contribution in [0, 0.1) is 0 Å². The first-order chi connectivity index (χ1) is 9.26. The van der Waals surface area contributed by atoms with E-state index in [4.69, 9.17) is 19.9 Å². The lowest BCUT2D eigenvalue weighted by Crippen LogP contribution is -2.23. The van der Waals surface area contributed by atoms with Crippen LogP contribution in [0.4, 0.5) is 0 Å². The molecule has 0 bridgehead atoms. The third kappa shape index (κ3) is 7.12. The van der Waals surface area contributed by atoms with Gasteiger partial charge in [-0.05, 0) is 24.1 Å². The summed E-state index contributed by atoms with van der Waals surface area (Å²) in [5, 5.41) is 9.67. The smallest absolute Gasteiger partial charge is 0.119 e. The van der Waals surface area contributed by atoms with Crippen LogP contribution < -0.4 is 10.5 Å². The number of aliphatic hydroxyl groups excluding tert-OH is 1. The van der Waals surface area contributed by atoms with Gasteiger partial charge in [0, 0.05) is 26.9 Å². The zero-order chi connectivity index (χ0) is 13.9. The van der Waals surface area contributed by atoms with Crippen LogP contribution in [-0.2, 0) is 16.0 Å². The van der Waals surface area contributed by atoms with Gasteiger partial charge in [-0.3, -0.25) is 0 Å². The Kier molecular flexibility index (Phi) is 8.16. The number of aliphatic hydroxyl groups is 1. The van der Waals surface area contributed by atoms with Gasteiger partial charge in [-0.25, -0.2) is 0 Å². The van der Waals surface area contributed by atoms with E-state index in [0.29, 0.717) is 19.8 Å². The Bertz CT molecular complexity index is 329. The van der Waals surface area contributed by atoms with E-state index in [1.807, 2.05) is 24.3 Å². The van der Waals surface area contributed by atoms with Gasteiger partial charge in [-0.15, -0.1) is 0 Å². The number of nitrogens with two attached hydrogens (primary N) is 1. The molecule has 0 saturated carbocycles. The average molecular weight is 269 g/mol. The lowest BCUT2D eigenvalue weighted by molar-refractivity contribution is 0.00682. The molecule has 5 nitrogen and oxygen atoms in total. The average Bonchev–Trinajstić information content (AvgIpc) is 2.45. The number of hydrogen-bond acceptors (Lipinski definition) is 5. The second kappa shape index (κ2) is 9.75. The number of benzene rings is 1. The van der Waals surface area contributed by atoms with Crippen LogP contribution in [0.1, 0.15) is 12.0 Å². The molecule has 0 aliphatic rings. The van der Waals surface area contributed by atoms with Crippen LogP contribution in [0.15, 0.2) is 24.3 Å². The molecule has 0 aromatic heterocycles. The summed E-state index contributed by atoms with van der Waals surface area (Å²) >= 11 is 0. The molecule has 1 atom stereocenters. The van der Waals surface area contributed by atoms with Crippen LogP contribution in [0.3, 0.4) is 0 Å². The van der Waals surface area contributed by atoms with Gasteiger partial charge in [0.2, 0.25) is 0 Å². The fraction of sp³-hybridized carbons (Fsp3) is 0.571. The third-order valence-corrected chi connectivity index (χ3v) is 2.55. The van der Waals surface area contributed by atoms with Crippen LogP contribution in [0.25, 0.3) is 0 Å². The summed E-state index contributed by atoms with van der Waals surface area (Å²) in [4.78, 5) is 0. The molecule has 1 rings (SSSR count). The van der Waals surface area contributed by atoms with Crippen LogP contribution in [0.5, 0.6) is 5.75 Å². The molecule has 0 aliphatic carbocycles. The molecule has 0 spiro atoms. The quantitative estimate of drug-likeness (QED) is 0.618. The van der Waals surface area contributed by atoms with E-state index in [9.17, 15) is 5.11 Å². The minimum atomic E-state index is -0.628. The molecular weight excluding hydrogens is 246 g/mol. The van der Waals surface area contributed by atoms with Crippen molar-refractivity contribution >= 4 is 0 Å². The topological polar surface area (TPSA) is 73.9 Å². The Morgan fingerprint density at radius 3 is 2.53 bits per heavy atom. The largest absolute Gasteiger partial charge is 0.491 e. The Morgan fingerprint density at radius 2 is 1.89 bits per heavy atom. The van der Waals surface area contributed by atoms with Crippen molar-refractivity contribution in [1.29, 1.82) is 0 Å². The van der Waals surface area contributed by atoms with E-state index in [1.54, 1.807) is 7.11 Å². The summed E-state index contributed by atoms with van der Waals surface area (Å²) in [6, 6.07) is 7.49. The second-order valence-corrected chi connectivity index (χ2v) is 4.23. The molecule has 0 amide bonds. The predicted octanol–water partition coefficient (Wildman–Crippen LogP) is 0.938. The zero-order valence-electron chi connectivity index (χ0n) is 11.4. The molecule has 19 heavy (non-hydrogen) atoms. The normalized spacial score (nSPS) is 12.4. The lowest BCUT2D eigenvalue weighted by Gasteiger charge is -2.13. The first kappa shape index (κ1) is 15.9. The summed E-state index contributed by atoms with van der Waals surface area (Å²) in [5.74, 6) is 0.718. The third-order valence-electron chi connectivity index (χ3n) is 2.55. The number of rotatable bonds is 10. The Hall–Kier alpha value is -1.14. The monoisotopic (exact) mass is 269 g/mol. The molecule has 0 fully saturated rings. The molecule has 108 valence electrons. The maximum absolute atomic E-state index is 9.67. The van der Waals surface area contributed by atoms with Gasteiger partial charge in [0.1, 0.15) is 18.5 Å². The van der Waals surface area contributed by atoms with Crippen LogP contribution in [-0.4, -0.2) is 44.7 Å². The highest BCUT2D eigenvalue weighted by atomic mass is 16.5. The van der Waals surface area contributed by atoms with Gasteiger partial charge in [0.05, 0.1) is 6.61 Å². The number of methoxy groups -OCH3 is 1. The first-order valence-electron chi connectivity index (χ1n) is 6.42. The van der Waals surface area contributed by atoms with Crippen LogP contribution in [0.2, 0.25) is 0 Å². The molecule has 1 aromatic rings. The van der Waals surface area contributed by atoms with E-state index in [-0.39, 0.29) is 13.2 Å². The zero-order valence-corrected chi connectivity index (χ0v) is 11.4. The highest BCUT2D eigenvalue weighted by Gasteiger charge is 2.05.